The number of hydrogen-bond acceptors (Lipinski definition) is 6. The van der Waals surface area contributed by atoms with Gasteiger partial charge >= 0.3 is 0 Å². The van der Waals surface area contributed by atoms with E-state index in [1.54, 1.807) is 11.8 Å². The van der Waals surface area contributed by atoms with Crippen LogP contribution in [0.4, 0.5) is 0 Å². The van der Waals surface area contributed by atoms with Crippen molar-refractivity contribution in [1.29, 1.82) is 0 Å². The van der Waals surface area contributed by atoms with Crippen LogP contribution in [0.5, 0.6) is 17.4 Å². The minimum atomic E-state index is -0.567. The molecule has 0 bridgehead atoms. The van der Waals surface area contributed by atoms with Crippen LogP contribution >= 0.6 is 0 Å². The number of aliphatic hydroxyl groups excluding tert-OH is 1. The first kappa shape index (κ1) is 26.7. The number of ether oxygens (including phenoxy) is 3. The molecule has 35 heavy (non-hydrogen) atoms. The Morgan fingerprint density at radius 2 is 1.69 bits per heavy atom. The molecule has 0 aliphatic heterocycles. The van der Waals surface area contributed by atoms with E-state index in [9.17, 15) is 5.11 Å². The summed E-state index contributed by atoms with van der Waals surface area (Å²) in [5, 5.41) is 15.5. The largest absolute Gasteiger partial charge is 0.497 e. The molecule has 0 amide bonds. The first-order valence-corrected chi connectivity index (χ1v) is 12.3. The summed E-state index contributed by atoms with van der Waals surface area (Å²) in [5.41, 5.74) is 2.89. The van der Waals surface area contributed by atoms with Crippen LogP contribution < -0.4 is 9.47 Å². The number of aryl methyl sites for hydroxylation is 1. The van der Waals surface area contributed by atoms with Gasteiger partial charge in [-0.05, 0) is 43.1 Å². The molecule has 1 N–H and O–H groups in total. The molecule has 7 heteroatoms. The highest BCUT2D eigenvalue weighted by molar-refractivity contribution is 5.65. The fourth-order valence-corrected chi connectivity index (χ4v) is 3.97. The van der Waals surface area contributed by atoms with Crippen molar-refractivity contribution < 1.29 is 19.3 Å². The third-order valence-corrected chi connectivity index (χ3v) is 5.56. The van der Waals surface area contributed by atoms with Crippen molar-refractivity contribution in [2.24, 2.45) is 13.0 Å². The summed E-state index contributed by atoms with van der Waals surface area (Å²) >= 11 is 0. The second-order valence-corrected chi connectivity index (χ2v) is 9.22. The van der Waals surface area contributed by atoms with Gasteiger partial charge < -0.3 is 19.3 Å². The molecule has 0 fully saturated rings. The van der Waals surface area contributed by atoms with Crippen LogP contribution in [0.3, 0.4) is 0 Å². The molecule has 0 aliphatic rings. The van der Waals surface area contributed by atoms with Gasteiger partial charge in [0, 0.05) is 32.3 Å². The van der Waals surface area contributed by atoms with Crippen LogP contribution in [0, 0.1) is 5.92 Å². The molecule has 0 radical (unpaired) electrons. The summed E-state index contributed by atoms with van der Waals surface area (Å²) in [4.78, 5) is 2.24. The second kappa shape index (κ2) is 13.3. The number of methoxy groups -OCH3 is 1. The van der Waals surface area contributed by atoms with E-state index < -0.39 is 6.10 Å². The zero-order valence-corrected chi connectivity index (χ0v) is 21.6. The van der Waals surface area contributed by atoms with E-state index >= 15 is 0 Å². The van der Waals surface area contributed by atoms with Gasteiger partial charge in [-0.25, -0.2) is 4.68 Å². The quantitative estimate of drug-likeness (QED) is 0.344. The Hall–Kier alpha value is -2.87. The maximum atomic E-state index is 10.7. The fourth-order valence-electron chi connectivity index (χ4n) is 3.97. The van der Waals surface area contributed by atoms with E-state index in [-0.39, 0.29) is 0 Å². The minimum absolute atomic E-state index is 0.326. The molecule has 1 atom stereocenters. The van der Waals surface area contributed by atoms with Gasteiger partial charge in [0.25, 0.3) is 0 Å². The summed E-state index contributed by atoms with van der Waals surface area (Å²) in [7, 11) is 3.54. The van der Waals surface area contributed by atoms with Gasteiger partial charge in [-0.2, -0.15) is 5.10 Å². The van der Waals surface area contributed by atoms with Crippen molar-refractivity contribution in [3.05, 3.63) is 60.2 Å². The maximum Gasteiger partial charge on any atom is 0.222 e. The lowest BCUT2D eigenvalue weighted by Crippen LogP contribution is -2.35. The summed E-state index contributed by atoms with van der Waals surface area (Å²) < 4.78 is 19.1. The van der Waals surface area contributed by atoms with Crippen LogP contribution in [0.2, 0.25) is 0 Å². The lowest BCUT2D eigenvalue weighted by atomic mass is 10.1. The monoisotopic (exact) mass is 481 g/mol. The normalized spacial score (nSPS) is 12.3. The van der Waals surface area contributed by atoms with Crippen LogP contribution in [0.15, 0.2) is 54.6 Å². The second-order valence-electron chi connectivity index (χ2n) is 9.22. The molecule has 0 aliphatic carbocycles. The van der Waals surface area contributed by atoms with Gasteiger partial charge in [0.15, 0.2) is 0 Å². The molecule has 1 aromatic heterocycles. The van der Waals surface area contributed by atoms with E-state index in [0.717, 1.165) is 35.5 Å². The van der Waals surface area contributed by atoms with E-state index in [0.29, 0.717) is 43.9 Å². The summed E-state index contributed by atoms with van der Waals surface area (Å²) in [6, 6.07) is 17.7. The average molecular weight is 482 g/mol. The minimum Gasteiger partial charge on any atom is -0.497 e. The van der Waals surface area contributed by atoms with Gasteiger partial charge in [0.1, 0.15) is 17.2 Å². The van der Waals surface area contributed by atoms with Crippen molar-refractivity contribution in [2.45, 2.75) is 39.8 Å². The standard InChI is InChI=1S/C28H39N3O4/c1-6-16-31(17-23(32)20-34-19-21(2)3)18-26-27(22-10-8-7-9-11-22)29-30(4)28(26)35-25-14-12-24(33-5)13-15-25/h7-15,21,23,32H,6,16-20H2,1-5H3. The lowest BCUT2D eigenvalue weighted by molar-refractivity contribution is 0.00685. The molecule has 1 unspecified atom stereocenters. The van der Waals surface area contributed by atoms with Crippen molar-refractivity contribution in [1.82, 2.24) is 14.7 Å². The van der Waals surface area contributed by atoms with Crippen molar-refractivity contribution >= 4 is 0 Å². The number of rotatable bonds is 14. The number of aliphatic hydroxyl groups is 1. The van der Waals surface area contributed by atoms with Gasteiger partial charge in [0.05, 0.1) is 25.4 Å². The highest BCUT2D eigenvalue weighted by Crippen LogP contribution is 2.34. The first-order valence-electron chi connectivity index (χ1n) is 12.3. The van der Waals surface area contributed by atoms with Crippen LogP contribution in [0.25, 0.3) is 11.3 Å². The molecule has 7 nitrogen and oxygen atoms in total. The molecular formula is C28H39N3O4. The Morgan fingerprint density at radius 3 is 2.31 bits per heavy atom. The molecule has 1 heterocycles. The zero-order valence-electron chi connectivity index (χ0n) is 21.6. The topological polar surface area (TPSA) is 69.0 Å². The average Bonchev–Trinajstić information content (AvgIpc) is 3.15. The van der Waals surface area contributed by atoms with E-state index in [2.05, 4.69) is 37.8 Å². The number of nitrogens with zero attached hydrogens (tertiary/aromatic N) is 3. The van der Waals surface area contributed by atoms with Gasteiger partial charge in [-0.3, -0.25) is 4.90 Å². The molecule has 3 rings (SSSR count). The summed E-state index contributed by atoms with van der Waals surface area (Å²) in [5.74, 6) is 2.60. The molecule has 190 valence electrons. The van der Waals surface area contributed by atoms with Crippen molar-refractivity contribution in [2.75, 3.05) is 33.4 Å². The Bertz CT molecular complexity index is 1020. The predicted octanol–water partition coefficient (Wildman–Crippen LogP) is 5.13. The molecule has 3 aromatic rings. The molecule has 0 saturated carbocycles. The fraction of sp³-hybridized carbons (Fsp3) is 0.464. The van der Waals surface area contributed by atoms with Gasteiger partial charge in [0.2, 0.25) is 5.88 Å². The number of hydrogen-bond donors (Lipinski definition) is 1. The van der Waals surface area contributed by atoms with Crippen LogP contribution in [-0.4, -0.2) is 59.3 Å². The van der Waals surface area contributed by atoms with Crippen molar-refractivity contribution in [3.8, 4) is 28.6 Å². The first-order chi connectivity index (χ1) is 16.9. The SMILES string of the molecule is CCCN(Cc1c(-c2ccccc2)nn(C)c1Oc1ccc(OC)cc1)CC(O)COCC(C)C. The highest BCUT2D eigenvalue weighted by atomic mass is 16.5. The van der Waals surface area contributed by atoms with Crippen LogP contribution in [0.1, 0.15) is 32.8 Å². The van der Waals surface area contributed by atoms with Gasteiger partial charge in [-0.1, -0.05) is 51.1 Å². The number of benzene rings is 2. The summed E-state index contributed by atoms with van der Waals surface area (Å²) in [6.07, 6.45) is 0.401. The predicted molar refractivity (Wildman–Crippen MR) is 139 cm³/mol. The number of aromatic nitrogens is 2. The van der Waals surface area contributed by atoms with E-state index in [1.807, 2.05) is 49.5 Å². The van der Waals surface area contributed by atoms with Crippen LogP contribution in [-0.2, 0) is 18.3 Å². The molecule has 2 aromatic carbocycles. The lowest BCUT2D eigenvalue weighted by Gasteiger charge is -2.25. The molecule has 0 spiro atoms. The Balaban J connectivity index is 1.88. The molecular weight excluding hydrogens is 442 g/mol. The summed E-state index contributed by atoms with van der Waals surface area (Å²) in [6.45, 7) is 9.27. The molecule has 0 saturated heterocycles. The third-order valence-electron chi connectivity index (χ3n) is 5.56. The van der Waals surface area contributed by atoms with Gasteiger partial charge in [-0.15, -0.1) is 0 Å². The highest BCUT2D eigenvalue weighted by Gasteiger charge is 2.23. The zero-order chi connectivity index (χ0) is 25.2. The Labute approximate surface area is 209 Å². The smallest absolute Gasteiger partial charge is 0.222 e. The Kier molecular flexibility index (Phi) is 10.1. The van der Waals surface area contributed by atoms with E-state index in [1.165, 1.54) is 0 Å². The van der Waals surface area contributed by atoms with E-state index in [4.69, 9.17) is 19.3 Å². The Morgan fingerprint density at radius 1 is 1.00 bits per heavy atom. The van der Waals surface area contributed by atoms with Crippen molar-refractivity contribution in [3.63, 3.8) is 0 Å². The third kappa shape index (κ3) is 7.82. The maximum absolute atomic E-state index is 10.7.